The molecule has 2 amide bonds. The zero-order valence-corrected chi connectivity index (χ0v) is 10.3. The SMILES string of the molecule is NC(=O)NCCNc1ncc(Br)cc1C(=O)O. The molecule has 0 atom stereocenters. The van der Waals surface area contributed by atoms with Crippen molar-refractivity contribution < 1.29 is 14.7 Å². The number of nitrogens with one attached hydrogen (secondary N) is 2. The molecule has 1 rings (SSSR count). The van der Waals surface area contributed by atoms with Gasteiger partial charge in [0.25, 0.3) is 0 Å². The van der Waals surface area contributed by atoms with Crippen molar-refractivity contribution in [3.63, 3.8) is 0 Å². The lowest BCUT2D eigenvalue weighted by Crippen LogP contribution is -2.33. The second-order valence-electron chi connectivity index (χ2n) is 3.07. The van der Waals surface area contributed by atoms with Gasteiger partial charge in [-0.2, -0.15) is 0 Å². The van der Waals surface area contributed by atoms with Crippen LogP contribution < -0.4 is 16.4 Å². The zero-order valence-electron chi connectivity index (χ0n) is 8.74. The molecule has 1 heterocycles. The zero-order chi connectivity index (χ0) is 12.8. The number of carboxylic acid groups (broad SMARTS) is 1. The van der Waals surface area contributed by atoms with E-state index in [1.165, 1.54) is 12.3 Å². The van der Waals surface area contributed by atoms with Crippen LogP contribution >= 0.6 is 15.9 Å². The number of aromatic carboxylic acids is 1. The topological polar surface area (TPSA) is 117 Å². The number of primary amides is 1. The number of urea groups is 1. The van der Waals surface area contributed by atoms with Gasteiger partial charge in [-0.25, -0.2) is 14.6 Å². The van der Waals surface area contributed by atoms with Gasteiger partial charge < -0.3 is 21.5 Å². The summed E-state index contributed by atoms with van der Waals surface area (Å²) in [5.74, 6) is -0.837. The van der Waals surface area contributed by atoms with Gasteiger partial charge in [-0.15, -0.1) is 0 Å². The molecular formula is C9H11BrN4O3. The number of carboxylic acids is 1. The third-order valence-electron chi connectivity index (χ3n) is 1.80. The third-order valence-corrected chi connectivity index (χ3v) is 2.24. The second kappa shape index (κ2) is 6.04. The van der Waals surface area contributed by atoms with Gasteiger partial charge in [0.05, 0.1) is 0 Å². The Labute approximate surface area is 106 Å². The van der Waals surface area contributed by atoms with E-state index < -0.39 is 12.0 Å². The molecule has 1 aromatic heterocycles. The highest BCUT2D eigenvalue weighted by molar-refractivity contribution is 9.10. The fourth-order valence-corrected chi connectivity index (χ4v) is 1.44. The Hall–Kier alpha value is -1.83. The van der Waals surface area contributed by atoms with Crippen molar-refractivity contribution in [2.45, 2.75) is 0 Å². The van der Waals surface area contributed by atoms with Gasteiger partial charge in [-0.05, 0) is 22.0 Å². The van der Waals surface area contributed by atoms with E-state index in [0.717, 1.165) is 0 Å². The lowest BCUT2D eigenvalue weighted by molar-refractivity contribution is 0.0697. The average Bonchev–Trinajstić information content (AvgIpc) is 2.25. The molecule has 8 heteroatoms. The number of aromatic nitrogens is 1. The molecule has 1 aromatic rings. The Bertz CT molecular complexity index is 438. The molecule has 5 N–H and O–H groups in total. The standard InChI is InChI=1S/C9H11BrN4O3/c10-5-3-6(8(15)16)7(14-4-5)12-1-2-13-9(11)17/h3-4H,1-2H2,(H,12,14)(H,15,16)(H3,11,13,17). The van der Waals surface area contributed by atoms with Crippen LogP contribution in [-0.2, 0) is 0 Å². The summed E-state index contributed by atoms with van der Waals surface area (Å²) in [5, 5.41) is 14.1. The number of rotatable bonds is 5. The van der Waals surface area contributed by atoms with E-state index in [9.17, 15) is 9.59 Å². The molecule has 0 aromatic carbocycles. The quantitative estimate of drug-likeness (QED) is 0.595. The number of hydrogen-bond donors (Lipinski definition) is 4. The van der Waals surface area contributed by atoms with Crippen LogP contribution in [0.3, 0.4) is 0 Å². The van der Waals surface area contributed by atoms with Crippen molar-refractivity contribution >= 4 is 33.7 Å². The summed E-state index contributed by atoms with van der Waals surface area (Å²) in [6.45, 7) is 0.615. The molecule has 0 aliphatic carbocycles. The minimum Gasteiger partial charge on any atom is -0.478 e. The Balaban J connectivity index is 2.64. The molecule has 0 saturated carbocycles. The Morgan fingerprint density at radius 3 is 2.76 bits per heavy atom. The third kappa shape index (κ3) is 4.27. The fourth-order valence-electron chi connectivity index (χ4n) is 1.11. The van der Waals surface area contributed by atoms with E-state index in [-0.39, 0.29) is 17.9 Å². The Morgan fingerprint density at radius 1 is 1.47 bits per heavy atom. The molecule has 7 nitrogen and oxygen atoms in total. The summed E-state index contributed by atoms with van der Waals surface area (Å²) >= 11 is 3.14. The smallest absolute Gasteiger partial charge is 0.339 e. The molecule has 0 fully saturated rings. The summed E-state index contributed by atoms with van der Waals surface area (Å²) < 4.78 is 0.579. The molecule has 0 aliphatic heterocycles. The van der Waals surface area contributed by atoms with Crippen molar-refractivity contribution in [3.8, 4) is 0 Å². The number of anilines is 1. The maximum absolute atomic E-state index is 10.9. The van der Waals surface area contributed by atoms with Gasteiger partial charge in [0.15, 0.2) is 0 Å². The first kappa shape index (κ1) is 13.2. The summed E-state index contributed by atoms with van der Waals surface area (Å²) in [6.07, 6.45) is 1.48. The predicted molar refractivity (Wildman–Crippen MR) is 65.0 cm³/mol. The van der Waals surface area contributed by atoms with E-state index >= 15 is 0 Å². The van der Waals surface area contributed by atoms with Crippen LogP contribution in [0.4, 0.5) is 10.6 Å². The largest absolute Gasteiger partial charge is 0.478 e. The molecule has 92 valence electrons. The van der Waals surface area contributed by atoms with Crippen LogP contribution in [0.1, 0.15) is 10.4 Å². The monoisotopic (exact) mass is 302 g/mol. The highest BCUT2D eigenvalue weighted by Gasteiger charge is 2.11. The summed E-state index contributed by atoms with van der Waals surface area (Å²) in [4.78, 5) is 25.3. The van der Waals surface area contributed by atoms with Gasteiger partial charge in [0, 0.05) is 23.8 Å². The summed E-state index contributed by atoms with van der Waals surface area (Å²) in [6, 6.07) is 0.813. The molecule has 0 radical (unpaired) electrons. The van der Waals surface area contributed by atoms with E-state index in [1.807, 2.05) is 0 Å². The first-order valence-corrected chi connectivity index (χ1v) is 5.46. The van der Waals surface area contributed by atoms with Crippen molar-refractivity contribution in [2.75, 3.05) is 18.4 Å². The van der Waals surface area contributed by atoms with Crippen molar-refractivity contribution in [1.82, 2.24) is 10.3 Å². The number of nitrogens with zero attached hydrogens (tertiary/aromatic N) is 1. The number of hydrogen-bond acceptors (Lipinski definition) is 4. The Morgan fingerprint density at radius 2 is 2.18 bits per heavy atom. The lowest BCUT2D eigenvalue weighted by Gasteiger charge is -2.08. The van der Waals surface area contributed by atoms with Crippen molar-refractivity contribution in [1.29, 1.82) is 0 Å². The summed E-state index contributed by atoms with van der Waals surface area (Å²) in [7, 11) is 0. The summed E-state index contributed by atoms with van der Waals surface area (Å²) in [5.41, 5.74) is 4.93. The van der Waals surface area contributed by atoms with Crippen LogP contribution in [-0.4, -0.2) is 35.2 Å². The first-order valence-electron chi connectivity index (χ1n) is 4.66. The molecule has 0 saturated heterocycles. The predicted octanol–water partition coefficient (Wildman–Crippen LogP) is 0.623. The second-order valence-corrected chi connectivity index (χ2v) is 3.99. The van der Waals surface area contributed by atoms with Gasteiger partial charge in [-0.3, -0.25) is 0 Å². The number of carbonyl (C=O) groups excluding carboxylic acids is 1. The van der Waals surface area contributed by atoms with Gasteiger partial charge in [0.1, 0.15) is 11.4 Å². The van der Waals surface area contributed by atoms with E-state index in [0.29, 0.717) is 11.0 Å². The van der Waals surface area contributed by atoms with Crippen LogP contribution in [0.15, 0.2) is 16.7 Å². The Kier molecular flexibility index (Phi) is 4.70. The molecule has 0 spiro atoms. The van der Waals surface area contributed by atoms with Gasteiger partial charge in [0.2, 0.25) is 0 Å². The lowest BCUT2D eigenvalue weighted by atomic mass is 10.2. The highest BCUT2D eigenvalue weighted by atomic mass is 79.9. The van der Waals surface area contributed by atoms with Crippen LogP contribution in [0, 0.1) is 0 Å². The number of nitrogens with two attached hydrogens (primary N) is 1. The highest BCUT2D eigenvalue weighted by Crippen LogP contribution is 2.17. The molecule has 17 heavy (non-hydrogen) atoms. The average molecular weight is 303 g/mol. The van der Waals surface area contributed by atoms with Crippen molar-refractivity contribution in [3.05, 3.63) is 22.3 Å². The molecule has 0 bridgehead atoms. The fraction of sp³-hybridized carbons (Fsp3) is 0.222. The minimum absolute atomic E-state index is 0.0541. The van der Waals surface area contributed by atoms with Crippen LogP contribution in [0.2, 0.25) is 0 Å². The maximum Gasteiger partial charge on any atom is 0.339 e. The minimum atomic E-state index is -1.08. The van der Waals surface area contributed by atoms with E-state index in [4.69, 9.17) is 10.8 Å². The van der Waals surface area contributed by atoms with E-state index in [1.54, 1.807) is 0 Å². The van der Waals surface area contributed by atoms with Crippen LogP contribution in [0.25, 0.3) is 0 Å². The molecular weight excluding hydrogens is 292 g/mol. The van der Waals surface area contributed by atoms with Gasteiger partial charge >= 0.3 is 12.0 Å². The number of carbonyl (C=O) groups is 2. The van der Waals surface area contributed by atoms with Crippen molar-refractivity contribution in [2.24, 2.45) is 5.73 Å². The molecule has 0 unspecified atom stereocenters. The van der Waals surface area contributed by atoms with Crippen LogP contribution in [0.5, 0.6) is 0 Å². The number of amides is 2. The number of halogens is 1. The first-order chi connectivity index (χ1) is 8.00. The normalized spacial score (nSPS) is 9.71. The maximum atomic E-state index is 10.9. The van der Waals surface area contributed by atoms with E-state index in [2.05, 4.69) is 31.5 Å². The molecule has 0 aliphatic rings. The van der Waals surface area contributed by atoms with Gasteiger partial charge in [-0.1, -0.05) is 0 Å². The number of pyridine rings is 1.